The van der Waals surface area contributed by atoms with Gasteiger partial charge in [-0.15, -0.1) is 0 Å². The molecule has 2 amide bonds. The van der Waals surface area contributed by atoms with Gasteiger partial charge in [0.15, 0.2) is 11.5 Å². The van der Waals surface area contributed by atoms with E-state index in [0.29, 0.717) is 5.75 Å². The largest absolute Gasteiger partial charge is 0.493 e. The molecule has 33 heavy (non-hydrogen) atoms. The van der Waals surface area contributed by atoms with E-state index in [4.69, 9.17) is 14.2 Å². The topological polar surface area (TPSA) is 123 Å². The van der Waals surface area contributed by atoms with E-state index >= 15 is 0 Å². The summed E-state index contributed by atoms with van der Waals surface area (Å²) in [5.74, 6) is -1.02. The molecule has 2 aromatic carbocycles. The molecule has 1 aliphatic rings. The third kappa shape index (κ3) is 5.81. The van der Waals surface area contributed by atoms with Crippen LogP contribution in [0.5, 0.6) is 11.5 Å². The lowest BCUT2D eigenvalue weighted by atomic mass is 10.1. The van der Waals surface area contributed by atoms with E-state index in [1.807, 2.05) is 31.2 Å². The highest BCUT2D eigenvalue weighted by atomic mass is 32.2. The number of rotatable bonds is 8. The van der Waals surface area contributed by atoms with Crippen molar-refractivity contribution in [2.24, 2.45) is 0 Å². The number of amides is 2. The second-order valence-electron chi connectivity index (χ2n) is 7.34. The van der Waals surface area contributed by atoms with Crippen LogP contribution in [-0.2, 0) is 30.9 Å². The second kappa shape index (κ2) is 10.6. The fourth-order valence-electron chi connectivity index (χ4n) is 3.28. The molecule has 10 nitrogen and oxygen atoms in total. The van der Waals surface area contributed by atoms with Gasteiger partial charge in [0.1, 0.15) is 6.23 Å². The fourth-order valence-corrected chi connectivity index (χ4v) is 4.81. The van der Waals surface area contributed by atoms with Crippen molar-refractivity contribution in [2.45, 2.75) is 24.6 Å². The first kappa shape index (κ1) is 24.5. The van der Waals surface area contributed by atoms with Crippen LogP contribution in [0.2, 0.25) is 0 Å². The van der Waals surface area contributed by atoms with Crippen molar-refractivity contribution in [1.29, 1.82) is 0 Å². The number of carbonyl (C=O) groups excluding carboxylic acids is 2. The summed E-state index contributed by atoms with van der Waals surface area (Å²) in [6.45, 7) is 2.24. The third-order valence-corrected chi connectivity index (χ3v) is 7.01. The van der Waals surface area contributed by atoms with Gasteiger partial charge in [-0.05, 0) is 24.6 Å². The molecule has 3 rings (SSSR count). The monoisotopic (exact) mass is 477 g/mol. The zero-order chi connectivity index (χ0) is 24.0. The Bertz CT molecular complexity index is 1100. The Morgan fingerprint density at radius 2 is 1.70 bits per heavy atom. The van der Waals surface area contributed by atoms with Crippen molar-refractivity contribution >= 4 is 21.8 Å². The number of nitrogens with zero attached hydrogens (tertiary/aromatic N) is 1. The first-order valence-electron chi connectivity index (χ1n) is 10.2. The maximum Gasteiger partial charge on any atom is 0.309 e. The van der Waals surface area contributed by atoms with Crippen molar-refractivity contribution in [1.82, 2.24) is 14.9 Å². The van der Waals surface area contributed by atoms with Gasteiger partial charge in [0, 0.05) is 19.2 Å². The zero-order valence-electron chi connectivity index (χ0n) is 18.7. The molecule has 1 saturated heterocycles. The van der Waals surface area contributed by atoms with E-state index in [-0.39, 0.29) is 36.9 Å². The van der Waals surface area contributed by atoms with Crippen molar-refractivity contribution in [3.8, 4) is 11.5 Å². The molecule has 11 heteroatoms. The SMILES string of the molecule is COc1ccc(S(=O)(=O)N2CCO[C@@H]2CNC(=O)C(=O)NCc2ccc(C)cc2)cc1OC. The molecule has 0 unspecified atom stereocenters. The number of benzene rings is 2. The first-order chi connectivity index (χ1) is 15.8. The Balaban J connectivity index is 1.60. The van der Waals surface area contributed by atoms with E-state index < -0.39 is 28.1 Å². The molecule has 2 N–H and O–H groups in total. The molecule has 0 bridgehead atoms. The molecule has 0 spiro atoms. The van der Waals surface area contributed by atoms with Crippen molar-refractivity contribution in [3.63, 3.8) is 0 Å². The lowest BCUT2D eigenvalue weighted by Crippen LogP contribution is -2.47. The van der Waals surface area contributed by atoms with Gasteiger partial charge in [0.25, 0.3) is 0 Å². The van der Waals surface area contributed by atoms with E-state index in [1.54, 1.807) is 0 Å². The lowest BCUT2D eigenvalue weighted by Gasteiger charge is -2.23. The van der Waals surface area contributed by atoms with Crippen LogP contribution < -0.4 is 20.1 Å². The maximum atomic E-state index is 13.1. The number of nitrogens with one attached hydrogen (secondary N) is 2. The molecule has 1 heterocycles. The molecule has 1 fully saturated rings. The summed E-state index contributed by atoms with van der Waals surface area (Å²) in [6, 6.07) is 11.8. The molecule has 178 valence electrons. The summed E-state index contributed by atoms with van der Waals surface area (Å²) >= 11 is 0. The predicted octanol–water partition coefficient (Wildman–Crippen LogP) is 0.792. The molecule has 0 saturated carbocycles. The summed E-state index contributed by atoms with van der Waals surface area (Å²) in [5.41, 5.74) is 1.94. The van der Waals surface area contributed by atoms with Gasteiger partial charge in [0.05, 0.1) is 32.3 Å². The average Bonchev–Trinajstić information content (AvgIpc) is 3.31. The number of aryl methyl sites for hydroxylation is 1. The van der Waals surface area contributed by atoms with Gasteiger partial charge in [-0.2, -0.15) is 4.31 Å². The van der Waals surface area contributed by atoms with E-state index in [2.05, 4.69) is 10.6 Å². The van der Waals surface area contributed by atoms with Crippen molar-refractivity contribution < 1.29 is 32.2 Å². The number of hydrogen-bond acceptors (Lipinski definition) is 7. The maximum absolute atomic E-state index is 13.1. The number of hydrogen-bond donors (Lipinski definition) is 2. The second-order valence-corrected chi connectivity index (χ2v) is 9.23. The van der Waals surface area contributed by atoms with Crippen LogP contribution in [0.4, 0.5) is 0 Å². The Morgan fingerprint density at radius 3 is 2.36 bits per heavy atom. The summed E-state index contributed by atoms with van der Waals surface area (Å²) < 4.78 is 43.2. The van der Waals surface area contributed by atoms with Gasteiger partial charge in [0.2, 0.25) is 10.0 Å². The fraction of sp³-hybridized carbons (Fsp3) is 0.364. The standard InChI is InChI=1S/C22H27N3O7S/c1-15-4-6-16(7-5-15)13-23-21(26)22(27)24-14-20-25(10-11-32-20)33(28,29)17-8-9-18(30-2)19(12-17)31-3/h4-9,12,20H,10-11,13-14H2,1-3H3,(H,23,26)(H,24,27)/t20-/m1/s1. The number of sulfonamides is 1. The molecular formula is C22H27N3O7S. The van der Waals surface area contributed by atoms with E-state index in [0.717, 1.165) is 15.4 Å². The summed E-state index contributed by atoms with van der Waals surface area (Å²) in [4.78, 5) is 24.3. The Morgan fingerprint density at radius 1 is 1.03 bits per heavy atom. The third-order valence-electron chi connectivity index (χ3n) is 5.12. The minimum absolute atomic E-state index is 0.00202. The number of methoxy groups -OCH3 is 2. The minimum Gasteiger partial charge on any atom is -0.493 e. The number of carbonyl (C=O) groups is 2. The Hall–Kier alpha value is -3.15. The van der Waals surface area contributed by atoms with Crippen LogP contribution in [0.1, 0.15) is 11.1 Å². The lowest BCUT2D eigenvalue weighted by molar-refractivity contribution is -0.139. The highest BCUT2D eigenvalue weighted by Crippen LogP contribution is 2.31. The van der Waals surface area contributed by atoms with E-state index in [9.17, 15) is 18.0 Å². The van der Waals surface area contributed by atoms with Crippen LogP contribution >= 0.6 is 0 Å². The Labute approximate surface area is 192 Å². The van der Waals surface area contributed by atoms with Crippen molar-refractivity contribution in [3.05, 3.63) is 53.6 Å². The first-order valence-corrected chi connectivity index (χ1v) is 11.7. The zero-order valence-corrected chi connectivity index (χ0v) is 19.5. The molecule has 2 aromatic rings. The van der Waals surface area contributed by atoms with Gasteiger partial charge in [-0.25, -0.2) is 8.42 Å². The van der Waals surface area contributed by atoms with Crippen molar-refractivity contribution in [2.75, 3.05) is 33.9 Å². The van der Waals surface area contributed by atoms with E-state index in [1.165, 1.54) is 32.4 Å². The molecule has 1 atom stereocenters. The van der Waals surface area contributed by atoms with Crippen LogP contribution in [0.25, 0.3) is 0 Å². The normalized spacial score (nSPS) is 16.3. The molecule has 1 aliphatic heterocycles. The average molecular weight is 478 g/mol. The smallest absolute Gasteiger partial charge is 0.309 e. The van der Waals surface area contributed by atoms with Crippen LogP contribution in [0.3, 0.4) is 0 Å². The summed E-state index contributed by atoms with van der Waals surface area (Å²) in [6.07, 6.45) is -0.947. The van der Waals surface area contributed by atoms with Gasteiger partial charge < -0.3 is 24.8 Å². The van der Waals surface area contributed by atoms with Crippen LogP contribution in [-0.4, -0.2) is 64.7 Å². The predicted molar refractivity (Wildman–Crippen MR) is 119 cm³/mol. The van der Waals surface area contributed by atoms with Crippen LogP contribution in [0, 0.1) is 6.92 Å². The highest BCUT2D eigenvalue weighted by molar-refractivity contribution is 7.89. The van der Waals surface area contributed by atoms with Gasteiger partial charge in [-0.1, -0.05) is 29.8 Å². The molecule has 0 aliphatic carbocycles. The molecule has 0 radical (unpaired) electrons. The summed E-state index contributed by atoms with van der Waals surface area (Å²) in [7, 11) is -1.08. The Kier molecular flexibility index (Phi) is 7.90. The molecular weight excluding hydrogens is 450 g/mol. The van der Waals surface area contributed by atoms with Crippen LogP contribution in [0.15, 0.2) is 47.4 Å². The highest BCUT2D eigenvalue weighted by Gasteiger charge is 2.37. The van der Waals surface area contributed by atoms with Gasteiger partial charge >= 0.3 is 11.8 Å². The number of ether oxygens (including phenoxy) is 3. The molecule has 0 aromatic heterocycles. The summed E-state index contributed by atoms with van der Waals surface area (Å²) in [5, 5.41) is 4.97. The van der Waals surface area contributed by atoms with Gasteiger partial charge in [-0.3, -0.25) is 9.59 Å². The quantitative estimate of drug-likeness (QED) is 0.539. The minimum atomic E-state index is -3.94.